The van der Waals surface area contributed by atoms with E-state index >= 15 is 0 Å². The van der Waals surface area contributed by atoms with E-state index in [-0.39, 0.29) is 0 Å². The van der Waals surface area contributed by atoms with Crippen LogP contribution in [-0.4, -0.2) is 12.7 Å². The molecule has 1 aromatic carbocycles. The predicted octanol–water partition coefficient (Wildman–Crippen LogP) is 2.75. The Bertz CT molecular complexity index is 289. The van der Waals surface area contributed by atoms with Crippen LogP contribution in [0.3, 0.4) is 0 Å². The molecule has 13 heavy (non-hydrogen) atoms. The molecule has 0 spiro atoms. The first-order chi connectivity index (χ1) is 6.31. The van der Waals surface area contributed by atoms with Gasteiger partial charge in [0.2, 0.25) is 0 Å². The molecule has 1 heterocycles. The summed E-state index contributed by atoms with van der Waals surface area (Å²) in [5, 5.41) is 0. The van der Waals surface area contributed by atoms with Crippen LogP contribution in [0.1, 0.15) is 30.9 Å². The van der Waals surface area contributed by atoms with Crippen LogP contribution < -0.4 is 0 Å². The van der Waals surface area contributed by atoms with Crippen molar-refractivity contribution in [3.63, 3.8) is 0 Å². The van der Waals surface area contributed by atoms with Gasteiger partial charge in [-0.1, -0.05) is 38.1 Å². The van der Waals surface area contributed by atoms with Gasteiger partial charge >= 0.3 is 0 Å². The maximum Gasteiger partial charge on any atom is 0.0875 e. The number of ether oxygens (including phenoxy) is 1. The smallest absolute Gasteiger partial charge is 0.0875 e. The lowest BCUT2D eigenvalue weighted by Gasteiger charge is -2.09. The zero-order valence-corrected chi connectivity index (χ0v) is 8.29. The molecule has 1 heteroatoms. The minimum atomic E-state index is 0.479. The van der Waals surface area contributed by atoms with E-state index in [2.05, 4.69) is 38.1 Å². The Balaban J connectivity index is 2.18. The molecule has 1 nitrogen and oxygen atoms in total. The van der Waals surface area contributed by atoms with Crippen molar-refractivity contribution in [2.24, 2.45) is 0 Å². The van der Waals surface area contributed by atoms with Crippen LogP contribution >= 0.6 is 0 Å². The Morgan fingerprint density at radius 3 is 2.92 bits per heavy atom. The third-order valence-corrected chi connectivity index (χ3v) is 2.80. The van der Waals surface area contributed by atoms with Crippen molar-refractivity contribution in [1.82, 2.24) is 0 Å². The molecule has 1 aliphatic heterocycles. The second-order valence-electron chi connectivity index (χ2n) is 3.76. The molecule has 1 aromatic rings. The molecular weight excluding hydrogens is 160 g/mol. The molecule has 2 unspecified atom stereocenters. The molecule has 0 amide bonds. The Morgan fingerprint density at radius 2 is 2.31 bits per heavy atom. The van der Waals surface area contributed by atoms with Gasteiger partial charge in [0.15, 0.2) is 0 Å². The van der Waals surface area contributed by atoms with Crippen LogP contribution in [-0.2, 0) is 11.2 Å². The van der Waals surface area contributed by atoms with E-state index in [9.17, 15) is 0 Å². The van der Waals surface area contributed by atoms with Gasteiger partial charge in [-0.2, -0.15) is 0 Å². The minimum absolute atomic E-state index is 0.479. The lowest BCUT2D eigenvalue weighted by Crippen LogP contribution is -2.01. The fourth-order valence-corrected chi connectivity index (χ4v) is 1.66. The van der Waals surface area contributed by atoms with Crippen LogP contribution in [0.25, 0.3) is 0 Å². The number of hydrogen-bond acceptors (Lipinski definition) is 1. The number of benzene rings is 1. The van der Waals surface area contributed by atoms with Gasteiger partial charge in [0.1, 0.15) is 0 Å². The van der Waals surface area contributed by atoms with Crippen molar-refractivity contribution in [2.45, 2.75) is 32.3 Å². The molecule has 0 bridgehead atoms. The average molecular weight is 176 g/mol. The third kappa shape index (κ3) is 1.92. The zero-order chi connectivity index (χ0) is 9.26. The van der Waals surface area contributed by atoms with E-state index in [4.69, 9.17) is 4.74 Å². The summed E-state index contributed by atoms with van der Waals surface area (Å²) in [5.41, 5.74) is 2.84. The zero-order valence-electron chi connectivity index (χ0n) is 8.29. The van der Waals surface area contributed by atoms with Crippen LogP contribution in [0.2, 0.25) is 0 Å². The highest BCUT2D eigenvalue weighted by Crippen LogP contribution is 2.29. The summed E-state index contributed by atoms with van der Waals surface area (Å²) in [7, 11) is 0. The maximum absolute atomic E-state index is 5.30. The monoisotopic (exact) mass is 176 g/mol. The summed E-state index contributed by atoms with van der Waals surface area (Å²) in [6.45, 7) is 5.38. The summed E-state index contributed by atoms with van der Waals surface area (Å²) >= 11 is 0. The van der Waals surface area contributed by atoms with Gasteiger partial charge in [-0.05, 0) is 17.5 Å². The third-order valence-electron chi connectivity index (χ3n) is 2.80. The molecule has 1 saturated heterocycles. The number of hydrogen-bond donors (Lipinski definition) is 0. The topological polar surface area (TPSA) is 12.5 Å². The van der Waals surface area contributed by atoms with Crippen LogP contribution in [0.5, 0.6) is 0 Å². The lowest BCUT2D eigenvalue weighted by atomic mass is 9.96. The van der Waals surface area contributed by atoms with Crippen molar-refractivity contribution >= 4 is 0 Å². The Hall–Kier alpha value is -0.820. The van der Waals surface area contributed by atoms with Gasteiger partial charge in [0, 0.05) is 5.92 Å². The number of rotatable bonds is 3. The Labute approximate surface area is 79.7 Å². The van der Waals surface area contributed by atoms with Crippen molar-refractivity contribution in [3.8, 4) is 0 Å². The first kappa shape index (κ1) is 8.76. The van der Waals surface area contributed by atoms with E-state index in [1.54, 1.807) is 0 Å². The molecule has 0 saturated carbocycles. The molecule has 2 atom stereocenters. The molecule has 70 valence electrons. The van der Waals surface area contributed by atoms with E-state index < -0.39 is 0 Å². The molecule has 0 N–H and O–H groups in total. The number of epoxide rings is 1. The van der Waals surface area contributed by atoms with Gasteiger partial charge in [0.25, 0.3) is 0 Å². The van der Waals surface area contributed by atoms with Gasteiger partial charge in [-0.25, -0.2) is 0 Å². The number of aryl methyl sites for hydroxylation is 1. The molecular formula is C12H16O. The Kier molecular flexibility index (Phi) is 2.36. The molecule has 0 radical (unpaired) electrons. The minimum Gasteiger partial charge on any atom is -0.372 e. The maximum atomic E-state index is 5.30. The average Bonchev–Trinajstić information content (AvgIpc) is 3.00. The largest absolute Gasteiger partial charge is 0.372 e. The van der Waals surface area contributed by atoms with Crippen LogP contribution in [0.15, 0.2) is 24.3 Å². The quantitative estimate of drug-likeness (QED) is 0.645. The van der Waals surface area contributed by atoms with Crippen molar-refractivity contribution in [1.29, 1.82) is 0 Å². The van der Waals surface area contributed by atoms with Crippen molar-refractivity contribution in [3.05, 3.63) is 35.4 Å². The second kappa shape index (κ2) is 3.51. The summed E-state index contributed by atoms with van der Waals surface area (Å²) in [4.78, 5) is 0. The van der Waals surface area contributed by atoms with E-state index in [1.165, 1.54) is 11.1 Å². The first-order valence-electron chi connectivity index (χ1n) is 5.01. The van der Waals surface area contributed by atoms with Crippen LogP contribution in [0, 0.1) is 0 Å². The SMILES string of the molecule is CCc1cccc(C(C)C2CO2)c1. The summed E-state index contributed by atoms with van der Waals surface area (Å²) in [5.74, 6) is 0.562. The molecule has 0 aromatic heterocycles. The van der Waals surface area contributed by atoms with E-state index in [0.717, 1.165) is 13.0 Å². The summed E-state index contributed by atoms with van der Waals surface area (Å²) in [6.07, 6.45) is 1.60. The first-order valence-corrected chi connectivity index (χ1v) is 5.01. The van der Waals surface area contributed by atoms with E-state index in [1.807, 2.05) is 0 Å². The molecule has 0 aliphatic carbocycles. The highest BCUT2D eigenvalue weighted by atomic mass is 16.6. The highest BCUT2D eigenvalue weighted by molar-refractivity contribution is 5.27. The van der Waals surface area contributed by atoms with Gasteiger partial charge < -0.3 is 4.74 Å². The standard InChI is InChI=1S/C12H16O/c1-3-10-5-4-6-11(7-10)9(2)12-8-13-12/h4-7,9,12H,3,8H2,1-2H3. The van der Waals surface area contributed by atoms with Crippen LogP contribution in [0.4, 0.5) is 0 Å². The fourth-order valence-electron chi connectivity index (χ4n) is 1.66. The molecule has 1 aliphatic rings. The second-order valence-corrected chi connectivity index (χ2v) is 3.76. The Morgan fingerprint density at radius 1 is 1.54 bits per heavy atom. The molecule has 2 rings (SSSR count). The van der Waals surface area contributed by atoms with Crippen molar-refractivity contribution in [2.75, 3.05) is 6.61 Å². The fraction of sp³-hybridized carbons (Fsp3) is 0.500. The van der Waals surface area contributed by atoms with E-state index in [0.29, 0.717) is 12.0 Å². The van der Waals surface area contributed by atoms with Crippen molar-refractivity contribution < 1.29 is 4.74 Å². The lowest BCUT2D eigenvalue weighted by molar-refractivity contribution is 0.382. The van der Waals surface area contributed by atoms with Gasteiger partial charge in [-0.15, -0.1) is 0 Å². The predicted molar refractivity (Wildman–Crippen MR) is 54.0 cm³/mol. The van der Waals surface area contributed by atoms with Gasteiger partial charge in [-0.3, -0.25) is 0 Å². The summed E-state index contributed by atoms with van der Waals surface area (Å²) in [6, 6.07) is 8.83. The summed E-state index contributed by atoms with van der Waals surface area (Å²) < 4.78 is 5.30. The normalized spacial score (nSPS) is 22.8. The van der Waals surface area contributed by atoms with Gasteiger partial charge in [0.05, 0.1) is 12.7 Å². The molecule has 1 fully saturated rings. The highest BCUT2D eigenvalue weighted by Gasteiger charge is 2.30.